The van der Waals surface area contributed by atoms with Gasteiger partial charge < -0.3 is 40.4 Å². The molecule has 0 aliphatic rings. The van der Waals surface area contributed by atoms with Gasteiger partial charge in [-0.15, -0.1) is 0 Å². The van der Waals surface area contributed by atoms with Crippen molar-refractivity contribution in [1.29, 1.82) is 0 Å². The highest BCUT2D eigenvalue weighted by Gasteiger charge is 2.19. The summed E-state index contributed by atoms with van der Waals surface area (Å²) in [5.74, 6) is 0.119. The number of allylic oxidation sites excluding steroid dienone is 1. The quantitative estimate of drug-likeness (QED) is 0.0268. The molecule has 0 aliphatic heterocycles. The van der Waals surface area contributed by atoms with E-state index in [-0.39, 0.29) is 24.6 Å². The van der Waals surface area contributed by atoms with Gasteiger partial charge in [-0.2, -0.15) is 0 Å². The molecule has 11 nitrogen and oxygen atoms in total. The standard InChI is InChI=1S/C39H43N3O8.C4H10.C3H8.2C2H6/c1-3-9-33-32(18-19-34(44)37(33)41-26-43)35(45)25-40-21-20-27-14-16-29(17-15-27)38(46)50-23-8-22-49-31-13-7-12-30(24-31)36(42-39(47)48-2)28-10-5-4-6-11-28;1-3-4-2;1-3-2;2*1-2/h3-7,9-19,24,26,35-36,40,44-45H,8,20-23,25H2,1-2H3,(H,41,43)(H,42,47);3-4H2,1-2H3;3H2,1-2H3;2*1-2H3/b9-3-;;;;. The largest absolute Gasteiger partial charge is 0.506 e. The fourth-order valence-corrected chi connectivity index (χ4v) is 5.32. The number of hydrogen-bond donors (Lipinski definition) is 5. The first-order chi connectivity index (χ1) is 29.7. The molecule has 4 aromatic carbocycles. The minimum absolute atomic E-state index is 0.0845. The number of amides is 2. The van der Waals surface area contributed by atoms with Gasteiger partial charge in [0.2, 0.25) is 6.41 Å². The van der Waals surface area contributed by atoms with E-state index < -0.39 is 24.2 Å². The number of nitrogens with one attached hydrogen (secondary N) is 3. The van der Waals surface area contributed by atoms with Crippen LogP contribution in [0, 0.1) is 0 Å². The molecule has 4 aromatic rings. The Kier molecular flexibility index (Phi) is 31.9. The van der Waals surface area contributed by atoms with E-state index in [2.05, 4.69) is 43.6 Å². The number of aliphatic hydroxyl groups is 1. The summed E-state index contributed by atoms with van der Waals surface area (Å²) in [6.45, 7) is 19.8. The maximum Gasteiger partial charge on any atom is 0.407 e. The van der Waals surface area contributed by atoms with Gasteiger partial charge in [0, 0.05) is 18.5 Å². The topological polar surface area (TPSA) is 155 Å². The average molecular weight is 844 g/mol. The number of methoxy groups -OCH3 is 1. The monoisotopic (exact) mass is 844 g/mol. The van der Waals surface area contributed by atoms with Gasteiger partial charge in [0.25, 0.3) is 0 Å². The molecule has 0 bridgehead atoms. The minimum Gasteiger partial charge on any atom is -0.506 e. The lowest BCUT2D eigenvalue weighted by Gasteiger charge is -2.20. The zero-order valence-electron chi connectivity index (χ0n) is 38.3. The molecule has 61 heavy (non-hydrogen) atoms. The van der Waals surface area contributed by atoms with Gasteiger partial charge in [-0.05, 0) is 72.5 Å². The van der Waals surface area contributed by atoms with Crippen LogP contribution in [0.15, 0.2) is 97.1 Å². The zero-order chi connectivity index (χ0) is 45.8. The predicted molar refractivity (Wildman–Crippen MR) is 250 cm³/mol. The fraction of sp³-hybridized carbons (Fsp3) is 0.420. The van der Waals surface area contributed by atoms with Gasteiger partial charge in [0.05, 0.1) is 43.7 Å². The van der Waals surface area contributed by atoms with Gasteiger partial charge in [-0.3, -0.25) is 4.79 Å². The molecule has 0 aromatic heterocycles. The van der Waals surface area contributed by atoms with Crippen molar-refractivity contribution < 1.29 is 38.8 Å². The van der Waals surface area contributed by atoms with Crippen molar-refractivity contribution >= 4 is 30.2 Å². The van der Waals surface area contributed by atoms with Crippen LogP contribution < -0.4 is 20.7 Å². The summed E-state index contributed by atoms with van der Waals surface area (Å²) in [7, 11) is 1.32. The molecule has 0 fully saturated rings. The van der Waals surface area contributed by atoms with E-state index in [9.17, 15) is 24.6 Å². The molecule has 0 spiro atoms. The zero-order valence-corrected chi connectivity index (χ0v) is 38.3. The molecule has 0 heterocycles. The van der Waals surface area contributed by atoms with Crippen molar-refractivity contribution in [2.45, 2.75) is 107 Å². The fourth-order valence-electron chi connectivity index (χ4n) is 5.32. The van der Waals surface area contributed by atoms with Crippen LogP contribution in [0.25, 0.3) is 6.08 Å². The molecule has 0 radical (unpaired) electrons. The van der Waals surface area contributed by atoms with Gasteiger partial charge in [0.1, 0.15) is 11.5 Å². The summed E-state index contributed by atoms with van der Waals surface area (Å²) in [4.78, 5) is 35.6. The van der Waals surface area contributed by atoms with E-state index >= 15 is 0 Å². The van der Waals surface area contributed by atoms with Gasteiger partial charge in [-0.25, -0.2) is 9.59 Å². The van der Waals surface area contributed by atoms with Crippen molar-refractivity contribution in [3.05, 3.63) is 130 Å². The van der Waals surface area contributed by atoms with Crippen LogP contribution in [0.2, 0.25) is 0 Å². The Hall–Kier alpha value is -5.65. The maximum absolute atomic E-state index is 12.6. The first-order valence-electron chi connectivity index (χ1n) is 21.6. The van der Waals surface area contributed by atoms with Crippen molar-refractivity contribution in [3.8, 4) is 11.5 Å². The van der Waals surface area contributed by atoms with Crippen LogP contribution in [0.4, 0.5) is 10.5 Å². The Morgan fingerprint density at radius 2 is 1.46 bits per heavy atom. The average Bonchev–Trinajstić information content (AvgIpc) is 3.30. The number of anilines is 1. The molecule has 11 heteroatoms. The third-order valence-electron chi connectivity index (χ3n) is 8.33. The van der Waals surface area contributed by atoms with Crippen LogP contribution >= 0.6 is 0 Å². The Balaban J connectivity index is 0.00000296. The molecular weight excluding hydrogens is 771 g/mol. The highest BCUT2D eigenvalue weighted by molar-refractivity contribution is 5.89. The van der Waals surface area contributed by atoms with E-state index in [0.29, 0.717) is 54.8 Å². The summed E-state index contributed by atoms with van der Waals surface area (Å²) in [5, 5.41) is 29.5. The van der Waals surface area contributed by atoms with E-state index in [1.54, 1.807) is 30.4 Å². The van der Waals surface area contributed by atoms with Crippen LogP contribution in [0.1, 0.15) is 138 Å². The van der Waals surface area contributed by atoms with Gasteiger partial charge in [0.15, 0.2) is 0 Å². The number of benzene rings is 4. The number of alkyl carbamates (subject to hydrolysis) is 1. The Bertz CT molecular complexity index is 1780. The summed E-state index contributed by atoms with van der Waals surface area (Å²) in [5.41, 5.74) is 4.54. The highest BCUT2D eigenvalue weighted by Crippen LogP contribution is 2.34. The van der Waals surface area contributed by atoms with Gasteiger partial charge in [-0.1, -0.05) is 147 Å². The number of ether oxygens (including phenoxy) is 3. The van der Waals surface area contributed by atoms with Crippen molar-refractivity contribution in [1.82, 2.24) is 10.6 Å². The molecule has 5 N–H and O–H groups in total. The first-order valence-corrected chi connectivity index (χ1v) is 21.6. The molecule has 4 rings (SSSR count). The van der Waals surface area contributed by atoms with E-state index in [1.807, 2.05) is 101 Å². The number of rotatable bonds is 19. The predicted octanol–water partition coefficient (Wildman–Crippen LogP) is 11.2. The Morgan fingerprint density at radius 1 is 0.820 bits per heavy atom. The number of carbonyl (C=O) groups is 3. The van der Waals surface area contributed by atoms with Crippen molar-refractivity contribution in [2.75, 3.05) is 38.7 Å². The lowest BCUT2D eigenvalue weighted by Crippen LogP contribution is -2.29. The number of hydrogen-bond acceptors (Lipinski definition) is 9. The second kappa shape index (κ2) is 35.1. The molecule has 336 valence electrons. The number of aliphatic hydroxyl groups excluding tert-OH is 1. The molecule has 0 saturated heterocycles. The van der Waals surface area contributed by atoms with E-state index in [4.69, 9.17) is 14.2 Å². The molecule has 2 unspecified atom stereocenters. The van der Waals surface area contributed by atoms with Crippen LogP contribution in [0.5, 0.6) is 11.5 Å². The first kappa shape index (κ1) is 55.4. The second-order valence-electron chi connectivity index (χ2n) is 13.0. The third kappa shape index (κ3) is 21.4. The second-order valence-corrected chi connectivity index (χ2v) is 13.0. The van der Waals surface area contributed by atoms with E-state index in [0.717, 1.165) is 16.7 Å². The molecular formula is C50H73N3O8. The molecule has 0 aliphatic carbocycles. The molecule has 0 saturated carbocycles. The number of esters is 1. The minimum atomic E-state index is -0.871. The number of phenolic OH excluding ortho intramolecular Hbond substituents is 1. The number of unbranched alkanes of at least 4 members (excludes halogenated alkanes) is 1. The Labute approximate surface area is 365 Å². The number of phenols is 1. The van der Waals surface area contributed by atoms with Crippen LogP contribution in [-0.2, 0) is 20.7 Å². The summed E-state index contributed by atoms with van der Waals surface area (Å²) < 4.78 is 16.2. The molecule has 2 atom stereocenters. The third-order valence-corrected chi connectivity index (χ3v) is 8.33. The number of carbonyl (C=O) groups excluding carboxylic acids is 3. The lowest BCUT2D eigenvalue weighted by molar-refractivity contribution is -0.105. The smallest absolute Gasteiger partial charge is 0.407 e. The summed E-state index contributed by atoms with van der Waals surface area (Å²) in [6.07, 6.45) is 7.61. The van der Waals surface area contributed by atoms with E-state index in [1.165, 1.54) is 32.4 Å². The van der Waals surface area contributed by atoms with Crippen LogP contribution in [-0.4, -0.2) is 62.1 Å². The van der Waals surface area contributed by atoms with Gasteiger partial charge >= 0.3 is 12.1 Å². The highest BCUT2D eigenvalue weighted by atomic mass is 16.5. The maximum atomic E-state index is 12.6. The van der Waals surface area contributed by atoms with Crippen LogP contribution in [0.3, 0.4) is 0 Å². The normalized spacial score (nSPS) is 10.9. The summed E-state index contributed by atoms with van der Waals surface area (Å²) >= 11 is 0. The SMILES string of the molecule is C/C=C\c1c(C(O)CNCCc2ccc(C(=O)OCCCOc3cccc(C(NC(=O)OC)c4ccccc4)c3)cc2)ccc(O)c1NC=O.CC.CC.CCC.CCCC. The lowest BCUT2D eigenvalue weighted by atomic mass is 9.98. The summed E-state index contributed by atoms with van der Waals surface area (Å²) in [6, 6.07) is 26.8. The Morgan fingerprint density at radius 3 is 2.05 bits per heavy atom. The molecule has 2 amide bonds. The van der Waals surface area contributed by atoms with Crippen molar-refractivity contribution in [3.63, 3.8) is 0 Å². The van der Waals surface area contributed by atoms with Crippen molar-refractivity contribution in [2.24, 2.45) is 0 Å². The number of aromatic hydroxyl groups is 1.